The summed E-state index contributed by atoms with van der Waals surface area (Å²) in [6.07, 6.45) is -1.36. The van der Waals surface area contributed by atoms with Crippen LogP contribution in [0.5, 0.6) is 0 Å². The number of hydrogen-bond acceptors (Lipinski definition) is 2. The minimum Gasteiger partial charge on any atom is -0.481 e. The number of hydrogen-bond donors (Lipinski definition) is 2. The predicted octanol–water partition coefficient (Wildman–Crippen LogP) is -0.259. The average Bonchev–Trinajstić information content (AvgIpc) is 1.63. The van der Waals surface area contributed by atoms with Crippen molar-refractivity contribution in [1.29, 1.82) is 0 Å². The molecule has 50 valence electrons. The van der Waals surface area contributed by atoms with Gasteiger partial charge in [-0.15, -0.1) is 0 Å². The molecule has 0 aliphatic heterocycles. The Kier molecular flexibility index (Phi) is 3.40. The maximum atomic E-state index is 9.82. The van der Waals surface area contributed by atoms with Crippen LogP contribution in [0.1, 0.15) is 6.42 Å². The molecule has 0 saturated heterocycles. The van der Waals surface area contributed by atoms with Crippen LogP contribution >= 0.6 is 0 Å². The highest BCUT2D eigenvalue weighted by molar-refractivity contribution is 5.67. The Morgan fingerprint density at radius 2 is 2.33 bits per heavy atom. The van der Waals surface area contributed by atoms with E-state index in [1.54, 1.807) is 0 Å². The zero-order chi connectivity index (χ0) is 7.28. The van der Waals surface area contributed by atoms with E-state index in [1.807, 2.05) is 0 Å². The van der Waals surface area contributed by atoms with Gasteiger partial charge < -0.3 is 15.1 Å². The number of carbonyl (C=O) groups is 1. The van der Waals surface area contributed by atoms with Crippen LogP contribution in [-0.4, -0.2) is 28.8 Å². The molecule has 0 heterocycles. The van der Waals surface area contributed by atoms with Crippen LogP contribution in [0.15, 0.2) is 0 Å². The Hall–Kier alpha value is -1.08. The normalized spacial score (nSPS) is 12.0. The molecule has 0 radical (unpaired) electrons. The van der Waals surface area contributed by atoms with Crippen molar-refractivity contribution in [3.8, 4) is 0 Å². The van der Waals surface area contributed by atoms with Gasteiger partial charge in [0.1, 0.15) is 6.10 Å². The number of aliphatic carboxylic acids is 1. The van der Waals surface area contributed by atoms with E-state index in [4.69, 9.17) is 16.8 Å². The van der Waals surface area contributed by atoms with E-state index in [2.05, 4.69) is 4.85 Å². The number of aliphatic hydroxyl groups is 1. The van der Waals surface area contributed by atoms with Gasteiger partial charge in [0, 0.05) is 0 Å². The molecule has 0 fully saturated rings. The summed E-state index contributed by atoms with van der Waals surface area (Å²) in [7, 11) is 0. The quantitative estimate of drug-likeness (QED) is 0.408. The van der Waals surface area contributed by atoms with Crippen LogP contribution in [0.4, 0.5) is 0 Å². The average molecular weight is 130 g/mol. The van der Waals surface area contributed by atoms with Crippen LogP contribution in [0.25, 0.3) is 4.85 Å². The van der Waals surface area contributed by atoms with Crippen LogP contribution in [0.2, 0.25) is 0 Å². The van der Waals surface area contributed by atoms with Crippen molar-refractivity contribution >= 4 is 5.97 Å². The molecule has 0 aromatic rings. The molecule has 0 amide bonds. The molecule has 0 aliphatic rings. The fraction of sp³-hybridized carbons (Fsp3) is 0.600. The highest BCUT2D eigenvalue weighted by atomic mass is 16.4. The van der Waals surface area contributed by atoms with Crippen LogP contribution < -0.4 is 0 Å². The molecule has 0 unspecified atom stereocenters. The zero-order valence-corrected chi connectivity index (χ0v) is 4.74. The van der Waals surface area contributed by atoms with Gasteiger partial charge in [-0.05, 0) is 0 Å². The maximum absolute atomic E-state index is 9.82. The molecule has 0 rings (SSSR count). The monoisotopic (exact) mass is 130 g/mol. The first kappa shape index (κ1) is 7.92. The number of carboxylic acids is 1. The summed E-state index contributed by atoms with van der Waals surface area (Å²) >= 11 is 0. The molecule has 0 aromatic carbocycles. The molecular formula is C5H7NO3. The Bertz CT molecular complexity index is 138. The molecule has 0 aromatic heterocycles. The highest BCUT2D eigenvalue weighted by Gasteiger charge is 2.10. The Morgan fingerprint density at radius 3 is 2.67 bits per heavy atom. The third-order valence-electron chi connectivity index (χ3n) is 0.712. The van der Waals surface area contributed by atoms with E-state index in [0.717, 1.165) is 0 Å². The Balaban J connectivity index is 3.40. The molecule has 4 heteroatoms. The number of aliphatic hydroxyl groups excluding tert-OH is 1. The zero-order valence-electron chi connectivity index (χ0n) is 4.74. The number of rotatable bonds is 3. The summed E-state index contributed by atoms with van der Waals surface area (Å²) in [5.41, 5.74) is 0. The van der Waals surface area contributed by atoms with Gasteiger partial charge in [0.05, 0.1) is 6.42 Å². The molecule has 1 atom stereocenters. The van der Waals surface area contributed by atoms with Gasteiger partial charge in [0.2, 0.25) is 6.54 Å². The van der Waals surface area contributed by atoms with E-state index in [1.165, 1.54) is 0 Å². The van der Waals surface area contributed by atoms with E-state index in [0.29, 0.717) is 0 Å². The largest absolute Gasteiger partial charge is 0.481 e. The smallest absolute Gasteiger partial charge is 0.306 e. The second-order valence-electron chi connectivity index (χ2n) is 1.59. The first-order valence-electron chi connectivity index (χ1n) is 2.40. The first-order valence-corrected chi connectivity index (χ1v) is 2.40. The van der Waals surface area contributed by atoms with E-state index >= 15 is 0 Å². The lowest BCUT2D eigenvalue weighted by atomic mass is 10.3. The Morgan fingerprint density at radius 1 is 1.78 bits per heavy atom. The van der Waals surface area contributed by atoms with Crippen molar-refractivity contribution < 1.29 is 15.0 Å². The summed E-state index contributed by atoms with van der Waals surface area (Å²) < 4.78 is 0. The minimum absolute atomic E-state index is 0.133. The minimum atomic E-state index is -1.08. The number of carboxylic acid groups (broad SMARTS) is 1. The van der Waals surface area contributed by atoms with Gasteiger partial charge in [0.25, 0.3) is 0 Å². The van der Waals surface area contributed by atoms with Gasteiger partial charge in [-0.1, -0.05) is 0 Å². The van der Waals surface area contributed by atoms with Gasteiger partial charge >= 0.3 is 5.97 Å². The molecule has 0 spiro atoms. The molecule has 4 nitrogen and oxygen atoms in total. The molecular weight excluding hydrogens is 123 g/mol. The van der Waals surface area contributed by atoms with Crippen molar-refractivity contribution in [3.63, 3.8) is 0 Å². The van der Waals surface area contributed by atoms with Crippen molar-refractivity contribution in [1.82, 2.24) is 0 Å². The van der Waals surface area contributed by atoms with E-state index in [9.17, 15) is 4.79 Å². The summed E-state index contributed by atoms with van der Waals surface area (Å²) in [5, 5.41) is 16.7. The molecule has 2 N–H and O–H groups in total. The van der Waals surface area contributed by atoms with E-state index in [-0.39, 0.29) is 13.0 Å². The highest BCUT2D eigenvalue weighted by Crippen LogP contribution is 1.90. The SMILES string of the molecule is [C-]#[15N+]C[C@H](O)CC(=O)O. The summed E-state index contributed by atoms with van der Waals surface area (Å²) in [4.78, 5) is 12.6. The van der Waals surface area contributed by atoms with Crippen LogP contribution in [-0.2, 0) is 4.79 Å². The van der Waals surface area contributed by atoms with E-state index < -0.39 is 12.1 Å². The lowest BCUT2D eigenvalue weighted by Gasteiger charge is -1.96. The van der Waals surface area contributed by atoms with Gasteiger partial charge in [-0.25, -0.2) is 6.57 Å². The first-order chi connectivity index (χ1) is 4.16. The second-order valence-corrected chi connectivity index (χ2v) is 1.59. The van der Waals surface area contributed by atoms with Gasteiger partial charge in [-0.3, -0.25) is 4.79 Å². The summed E-state index contributed by atoms with van der Waals surface area (Å²) in [5.74, 6) is -1.08. The van der Waals surface area contributed by atoms with Gasteiger partial charge in [-0.2, -0.15) is 0 Å². The standard InChI is InChI=1S/C5H7NO3/c1-6-3-4(7)2-5(8)9/h4,7H,2-3H2,(H,8,9)/t4-/m1/s1/i6+1. The molecule has 9 heavy (non-hydrogen) atoms. The third-order valence-corrected chi connectivity index (χ3v) is 0.712. The lowest BCUT2D eigenvalue weighted by Crippen LogP contribution is -2.14. The number of nitrogens with zero attached hydrogens (tertiary/aromatic N) is 1. The van der Waals surface area contributed by atoms with Crippen molar-refractivity contribution in [3.05, 3.63) is 11.4 Å². The van der Waals surface area contributed by atoms with Crippen molar-refractivity contribution in [2.45, 2.75) is 12.5 Å². The fourth-order valence-corrected chi connectivity index (χ4v) is 0.371. The van der Waals surface area contributed by atoms with Gasteiger partial charge in [0.15, 0.2) is 0 Å². The van der Waals surface area contributed by atoms with Crippen molar-refractivity contribution in [2.75, 3.05) is 6.54 Å². The maximum Gasteiger partial charge on any atom is 0.306 e. The summed E-state index contributed by atoms with van der Waals surface area (Å²) in [6.45, 7) is 6.12. The Labute approximate surface area is 52.6 Å². The topological polar surface area (TPSA) is 61.9 Å². The molecule has 0 bridgehead atoms. The second kappa shape index (κ2) is 3.87. The van der Waals surface area contributed by atoms with Crippen LogP contribution in [0.3, 0.4) is 0 Å². The van der Waals surface area contributed by atoms with Crippen LogP contribution in [0, 0.1) is 6.57 Å². The third kappa shape index (κ3) is 4.78. The molecule has 0 saturated carbocycles. The summed E-state index contributed by atoms with van der Waals surface area (Å²) in [6, 6.07) is 0. The predicted molar refractivity (Wildman–Crippen MR) is 29.7 cm³/mol. The lowest BCUT2D eigenvalue weighted by molar-refractivity contribution is -0.138. The van der Waals surface area contributed by atoms with Crippen molar-refractivity contribution in [2.24, 2.45) is 0 Å². The fourth-order valence-electron chi connectivity index (χ4n) is 0.371. The molecule has 0 aliphatic carbocycles.